The molecule has 0 saturated heterocycles. The van der Waals surface area contributed by atoms with Crippen molar-refractivity contribution in [1.82, 2.24) is 0 Å². The number of ether oxygens (including phenoxy) is 1. The predicted octanol–water partition coefficient (Wildman–Crippen LogP) is 1.68. The number of hydrogen-bond donors (Lipinski definition) is 0. The van der Waals surface area contributed by atoms with Crippen molar-refractivity contribution in [3.63, 3.8) is 0 Å². The van der Waals surface area contributed by atoms with Crippen molar-refractivity contribution in [2.45, 2.75) is 16.8 Å². The van der Waals surface area contributed by atoms with Crippen molar-refractivity contribution in [2.24, 2.45) is 0 Å². The van der Waals surface area contributed by atoms with Gasteiger partial charge in [0.25, 0.3) is 0 Å². The fourth-order valence-electron chi connectivity index (χ4n) is 0.973. The molecular formula is C7H9IO2. The highest BCUT2D eigenvalue weighted by atomic mass is 127. The third kappa shape index (κ3) is 1.71. The quantitative estimate of drug-likeness (QED) is 0.403. The van der Waals surface area contributed by atoms with E-state index in [2.05, 4.69) is 27.3 Å². The lowest BCUT2D eigenvalue weighted by Gasteiger charge is -1.99. The Kier molecular flexibility index (Phi) is 2.71. The maximum Gasteiger partial charge on any atom is 0.333 e. The smallest absolute Gasteiger partial charge is 0.333 e. The van der Waals surface area contributed by atoms with Gasteiger partial charge in [0, 0.05) is 9.50 Å². The van der Waals surface area contributed by atoms with Gasteiger partial charge in [-0.2, -0.15) is 0 Å². The second-order valence-corrected chi connectivity index (χ2v) is 4.02. The minimum absolute atomic E-state index is 0.167. The molecule has 0 fully saturated rings. The summed E-state index contributed by atoms with van der Waals surface area (Å²) in [6.07, 6.45) is 3.83. The van der Waals surface area contributed by atoms with Crippen molar-refractivity contribution in [1.29, 1.82) is 0 Å². The van der Waals surface area contributed by atoms with Gasteiger partial charge in [-0.15, -0.1) is 0 Å². The minimum Gasteiger partial charge on any atom is -0.466 e. The molecule has 1 rings (SSSR count). The average Bonchev–Trinajstić information content (AvgIpc) is 2.34. The van der Waals surface area contributed by atoms with Crippen molar-refractivity contribution < 1.29 is 9.53 Å². The van der Waals surface area contributed by atoms with Crippen LogP contribution in [0.2, 0.25) is 0 Å². The van der Waals surface area contributed by atoms with Gasteiger partial charge in [-0.1, -0.05) is 28.7 Å². The molecule has 0 aromatic carbocycles. The minimum atomic E-state index is -0.167. The second kappa shape index (κ2) is 3.37. The van der Waals surface area contributed by atoms with E-state index in [4.69, 9.17) is 0 Å². The van der Waals surface area contributed by atoms with Crippen LogP contribution in [0.15, 0.2) is 11.6 Å². The summed E-state index contributed by atoms with van der Waals surface area (Å²) in [6, 6.07) is 0. The molecule has 0 unspecified atom stereocenters. The molecule has 0 amide bonds. The summed E-state index contributed by atoms with van der Waals surface area (Å²) in [6.45, 7) is 0. The van der Waals surface area contributed by atoms with Crippen molar-refractivity contribution >= 4 is 28.6 Å². The Morgan fingerprint density at radius 3 is 3.00 bits per heavy atom. The maximum atomic E-state index is 10.9. The van der Waals surface area contributed by atoms with Crippen LogP contribution in [0.4, 0.5) is 0 Å². The van der Waals surface area contributed by atoms with E-state index in [-0.39, 0.29) is 5.97 Å². The van der Waals surface area contributed by atoms with Crippen LogP contribution >= 0.6 is 22.6 Å². The van der Waals surface area contributed by atoms with Gasteiger partial charge in [-0.05, 0) is 12.8 Å². The number of alkyl halides is 1. The van der Waals surface area contributed by atoms with Crippen LogP contribution in [0.25, 0.3) is 0 Å². The summed E-state index contributed by atoms with van der Waals surface area (Å²) < 4.78 is 5.16. The Bertz CT molecular complexity index is 174. The van der Waals surface area contributed by atoms with Gasteiger partial charge in [0.1, 0.15) is 0 Å². The van der Waals surface area contributed by atoms with E-state index in [9.17, 15) is 4.79 Å². The Hall–Kier alpha value is -0.0600. The SMILES string of the molecule is COC(=O)C1=CC[C@@H](I)C1. The maximum absolute atomic E-state index is 10.9. The molecule has 0 bridgehead atoms. The summed E-state index contributed by atoms with van der Waals surface area (Å²) >= 11 is 2.34. The van der Waals surface area contributed by atoms with E-state index in [0.717, 1.165) is 18.4 Å². The number of carbonyl (C=O) groups excluding carboxylic acids is 1. The number of carbonyl (C=O) groups is 1. The molecule has 10 heavy (non-hydrogen) atoms. The standard InChI is InChI=1S/C7H9IO2/c1-10-7(9)5-2-3-6(8)4-5/h2,6H,3-4H2,1H3/t6-/m1/s1. The molecule has 0 aromatic heterocycles. The highest BCUT2D eigenvalue weighted by molar-refractivity contribution is 14.1. The molecule has 0 aromatic rings. The van der Waals surface area contributed by atoms with Gasteiger partial charge < -0.3 is 4.74 Å². The molecule has 0 radical (unpaired) electrons. The van der Waals surface area contributed by atoms with E-state index in [1.807, 2.05) is 6.08 Å². The normalized spacial score (nSPS) is 24.2. The van der Waals surface area contributed by atoms with Crippen LogP contribution in [0, 0.1) is 0 Å². The lowest BCUT2D eigenvalue weighted by atomic mass is 10.2. The third-order valence-electron chi connectivity index (χ3n) is 1.51. The number of methoxy groups -OCH3 is 1. The highest BCUT2D eigenvalue weighted by Crippen LogP contribution is 2.25. The molecule has 1 aliphatic rings. The molecule has 0 saturated carbocycles. The number of halogens is 1. The predicted molar refractivity (Wildman–Crippen MR) is 47.1 cm³/mol. The monoisotopic (exact) mass is 252 g/mol. The van der Waals surface area contributed by atoms with Gasteiger partial charge in [-0.25, -0.2) is 4.79 Å². The molecule has 3 heteroatoms. The number of hydrogen-bond acceptors (Lipinski definition) is 2. The molecule has 0 heterocycles. The van der Waals surface area contributed by atoms with Crippen LogP contribution in [0.5, 0.6) is 0 Å². The first-order valence-electron chi connectivity index (χ1n) is 3.15. The summed E-state index contributed by atoms with van der Waals surface area (Å²) in [7, 11) is 1.42. The zero-order valence-electron chi connectivity index (χ0n) is 5.76. The van der Waals surface area contributed by atoms with Crippen molar-refractivity contribution in [3.8, 4) is 0 Å². The van der Waals surface area contributed by atoms with Crippen molar-refractivity contribution in [3.05, 3.63) is 11.6 Å². The van der Waals surface area contributed by atoms with E-state index in [0.29, 0.717) is 3.92 Å². The lowest BCUT2D eigenvalue weighted by Crippen LogP contribution is -2.03. The van der Waals surface area contributed by atoms with Gasteiger partial charge >= 0.3 is 5.97 Å². The summed E-state index contributed by atoms with van der Waals surface area (Å²) in [5, 5.41) is 0. The third-order valence-corrected chi connectivity index (χ3v) is 2.46. The van der Waals surface area contributed by atoms with E-state index < -0.39 is 0 Å². The molecule has 1 atom stereocenters. The van der Waals surface area contributed by atoms with Gasteiger partial charge in [-0.3, -0.25) is 0 Å². The average molecular weight is 252 g/mol. The number of esters is 1. The number of allylic oxidation sites excluding steroid dienone is 1. The molecular weight excluding hydrogens is 243 g/mol. The largest absolute Gasteiger partial charge is 0.466 e. The van der Waals surface area contributed by atoms with E-state index >= 15 is 0 Å². The first-order valence-corrected chi connectivity index (χ1v) is 4.40. The topological polar surface area (TPSA) is 26.3 Å². The molecule has 0 aliphatic heterocycles. The van der Waals surface area contributed by atoms with Crippen LogP contribution < -0.4 is 0 Å². The zero-order valence-corrected chi connectivity index (χ0v) is 7.92. The first-order chi connectivity index (χ1) is 4.74. The Balaban J connectivity index is 2.51. The first kappa shape index (κ1) is 8.04. The van der Waals surface area contributed by atoms with Crippen LogP contribution in [0.1, 0.15) is 12.8 Å². The summed E-state index contributed by atoms with van der Waals surface area (Å²) in [5.74, 6) is -0.167. The van der Waals surface area contributed by atoms with Crippen LogP contribution in [-0.4, -0.2) is 17.0 Å². The van der Waals surface area contributed by atoms with E-state index in [1.54, 1.807) is 0 Å². The molecule has 0 spiro atoms. The molecule has 2 nitrogen and oxygen atoms in total. The van der Waals surface area contributed by atoms with Gasteiger partial charge in [0.15, 0.2) is 0 Å². The fraction of sp³-hybridized carbons (Fsp3) is 0.571. The Labute approximate surface area is 73.8 Å². The van der Waals surface area contributed by atoms with E-state index in [1.165, 1.54) is 7.11 Å². The molecule has 56 valence electrons. The van der Waals surface area contributed by atoms with Crippen LogP contribution in [-0.2, 0) is 9.53 Å². The molecule has 1 aliphatic carbocycles. The Morgan fingerprint density at radius 1 is 1.90 bits per heavy atom. The number of rotatable bonds is 1. The van der Waals surface area contributed by atoms with Gasteiger partial charge in [0.05, 0.1) is 7.11 Å². The van der Waals surface area contributed by atoms with Gasteiger partial charge in [0.2, 0.25) is 0 Å². The molecule has 0 N–H and O–H groups in total. The summed E-state index contributed by atoms with van der Waals surface area (Å²) in [4.78, 5) is 10.9. The summed E-state index contributed by atoms with van der Waals surface area (Å²) in [5.41, 5.74) is 0.835. The Morgan fingerprint density at radius 2 is 2.60 bits per heavy atom. The highest BCUT2D eigenvalue weighted by Gasteiger charge is 2.19. The van der Waals surface area contributed by atoms with Crippen molar-refractivity contribution in [2.75, 3.05) is 7.11 Å². The second-order valence-electron chi connectivity index (χ2n) is 2.26. The van der Waals surface area contributed by atoms with Crippen LogP contribution in [0.3, 0.4) is 0 Å². The fourth-order valence-corrected chi connectivity index (χ4v) is 1.70. The zero-order chi connectivity index (χ0) is 7.56. The lowest BCUT2D eigenvalue weighted by molar-refractivity contribution is -0.136.